The van der Waals surface area contributed by atoms with Crippen LogP contribution in [0.15, 0.2) is 54.9 Å². The molecule has 6 heteroatoms. The predicted octanol–water partition coefficient (Wildman–Crippen LogP) is 3.82. The first kappa shape index (κ1) is 17.3. The van der Waals surface area contributed by atoms with Gasteiger partial charge in [-0.1, -0.05) is 29.8 Å². The fourth-order valence-corrected chi connectivity index (χ4v) is 2.88. The number of halogens is 1. The van der Waals surface area contributed by atoms with E-state index in [1.807, 2.05) is 43.3 Å². The van der Waals surface area contributed by atoms with Gasteiger partial charge in [-0.15, -0.1) is 0 Å². The molecule has 0 aliphatic carbocycles. The summed E-state index contributed by atoms with van der Waals surface area (Å²) in [5, 5.41) is 14.5. The van der Waals surface area contributed by atoms with Crippen LogP contribution in [0, 0.1) is 6.92 Å². The Bertz CT molecular complexity index is 868. The molecule has 5 nitrogen and oxygen atoms in total. The molecule has 0 bridgehead atoms. The normalized spacial score (nSPS) is 13.3. The summed E-state index contributed by atoms with van der Waals surface area (Å²) in [6.07, 6.45) is 3.43. The number of anilines is 1. The molecular weight excluding hydrogens is 336 g/mol. The highest BCUT2D eigenvalue weighted by Crippen LogP contribution is 2.28. The molecule has 25 heavy (non-hydrogen) atoms. The van der Waals surface area contributed by atoms with Crippen LogP contribution in [-0.2, 0) is 5.60 Å². The Kier molecular flexibility index (Phi) is 4.97. The Labute approximate surface area is 151 Å². The van der Waals surface area contributed by atoms with E-state index >= 15 is 0 Å². The first-order valence-corrected chi connectivity index (χ1v) is 8.31. The molecule has 2 aromatic heterocycles. The highest BCUT2D eigenvalue weighted by atomic mass is 35.5. The summed E-state index contributed by atoms with van der Waals surface area (Å²) in [4.78, 5) is 13.1. The minimum Gasteiger partial charge on any atom is -0.384 e. The summed E-state index contributed by atoms with van der Waals surface area (Å²) in [6.45, 7) is 3.88. The second-order valence-corrected chi connectivity index (χ2v) is 6.47. The van der Waals surface area contributed by atoms with Crippen LogP contribution in [-0.4, -0.2) is 26.6 Å². The van der Waals surface area contributed by atoms with Crippen LogP contribution < -0.4 is 5.32 Å². The molecule has 1 aromatic carbocycles. The summed E-state index contributed by atoms with van der Waals surface area (Å²) < 4.78 is 0. The lowest BCUT2D eigenvalue weighted by Crippen LogP contribution is -2.31. The number of aliphatic hydroxyl groups is 1. The third-order valence-corrected chi connectivity index (χ3v) is 4.17. The SMILES string of the molecule is Cc1cc(NCC(C)(O)c2ccccc2Cl)nc(-c2cccnc2)n1. The summed E-state index contributed by atoms with van der Waals surface area (Å²) in [6, 6.07) is 12.9. The largest absolute Gasteiger partial charge is 0.384 e. The summed E-state index contributed by atoms with van der Waals surface area (Å²) in [7, 11) is 0. The van der Waals surface area contributed by atoms with Crippen LogP contribution in [0.25, 0.3) is 11.4 Å². The molecule has 1 atom stereocenters. The van der Waals surface area contributed by atoms with Crippen molar-refractivity contribution in [3.8, 4) is 11.4 Å². The maximum Gasteiger partial charge on any atom is 0.163 e. The number of hydrogen-bond donors (Lipinski definition) is 2. The van der Waals surface area contributed by atoms with E-state index in [-0.39, 0.29) is 6.54 Å². The average Bonchev–Trinajstić information content (AvgIpc) is 2.61. The Morgan fingerprint density at radius 3 is 2.68 bits per heavy atom. The molecule has 128 valence electrons. The Hall–Kier alpha value is -2.50. The molecule has 3 rings (SSSR count). The van der Waals surface area contributed by atoms with Gasteiger partial charge in [0, 0.05) is 46.8 Å². The molecule has 2 N–H and O–H groups in total. The monoisotopic (exact) mass is 354 g/mol. The molecule has 0 saturated carbocycles. The third kappa shape index (κ3) is 4.13. The van der Waals surface area contributed by atoms with Crippen molar-refractivity contribution < 1.29 is 5.11 Å². The van der Waals surface area contributed by atoms with Crippen molar-refractivity contribution in [2.45, 2.75) is 19.4 Å². The van der Waals surface area contributed by atoms with Crippen LogP contribution in [0.1, 0.15) is 18.2 Å². The van der Waals surface area contributed by atoms with Gasteiger partial charge in [-0.05, 0) is 32.0 Å². The van der Waals surface area contributed by atoms with Crippen LogP contribution in [0.5, 0.6) is 0 Å². The summed E-state index contributed by atoms with van der Waals surface area (Å²) in [5.74, 6) is 1.23. The Morgan fingerprint density at radius 1 is 1.16 bits per heavy atom. The molecular formula is C19H19ClN4O. The summed E-state index contributed by atoms with van der Waals surface area (Å²) >= 11 is 6.20. The van der Waals surface area contributed by atoms with E-state index in [2.05, 4.69) is 20.3 Å². The standard InChI is InChI=1S/C19H19ClN4O/c1-13-10-17(24-18(23-13)14-6-5-9-21-11-14)22-12-19(2,25)15-7-3-4-8-16(15)20/h3-11,25H,12H2,1-2H3,(H,22,23,24). The number of aromatic nitrogens is 3. The van der Waals surface area contributed by atoms with E-state index in [1.165, 1.54) is 0 Å². The van der Waals surface area contributed by atoms with Crippen LogP contribution in [0.2, 0.25) is 5.02 Å². The molecule has 0 amide bonds. The van der Waals surface area contributed by atoms with E-state index in [1.54, 1.807) is 25.4 Å². The van der Waals surface area contributed by atoms with Crippen molar-refractivity contribution >= 4 is 17.4 Å². The minimum atomic E-state index is -1.13. The highest BCUT2D eigenvalue weighted by molar-refractivity contribution is 6.31. The second kappa shape index (κ2) is 7.17. The van der Waals surface area contributed by atoms with Gasteiger partial charge in [0.25, 0.3) is 0 Å². The molecule has 0 spiro atoms. The average molecular weight is 355 g/mol. The van der Waals surface area contributed by atoms with Gasteiger partial charge in [-0.25, -0.2) is 9.97 Å². The van der Waals surface area contributed by atoms with Gasteiger partial charge in [-0.3, -0.25) is 4.98 Å². The number of hydrogen-bond acceptors (Lipinski definition) is 5. The quantitative estimate of drug-likeness (QED) is 0.728. The van der Waals surface area contributed by atoms with Gasteiger partial charge in [-0.2, -0.15) is 0 Å². The zero-order valence-electron chi connectivity index (χ0n) is 14.1. The summed E-state index contributed by atoms with van der Waals surface area (Å²) in [5.41, 5.74) is 1.20. The van der Waals surface area contributed by atoms with E-state index < -0.39 is 5.60 Å². The highest BCUT2D eigenvalue weighted by Gasteiger charge is 2.25. The van der Waals surface area contributed by atoms with Gasteiger partial charge in [0.15, 0.2) is 5.82 Å². The first-order valence-electron chi connectivity index (χ1n) is 7.93. The van der Waals surface area contributed by atoms with Gasteiger partial charge < -0.3 is 10.4 Å². The number of rotatable bonds is 5. The van der Waals surface area contributed by atoms with E-state index in [9.17, 15) is 5.11 Å². The van der Waals surface area contributed by atoms with E-state index in [0.717, 1.165) is 11.3 Å². The maximum atomic E-state index is 10.8. The lowest BCUT2D eigenvalue weighted by Gasteiger charge is -2.25. The number of benzene rings is 1. The van der Waals surface area contributed by atoms with Crippen molar-refractivity contribution in [3.05, 3.63) is 71.1 Å². The van der Waals surface area contributed by atoms with E-state index in [4.69, 9.17) is 11.6 Å². The second-order valence-electron chi connectivity index (χ2n) is 6.07. The van der Waals surface area contributed by atoms with Gasteiger partial charge in [0.05, 0.1) is 0 Å². The van der Waals surface area contributed by atoms with Crippen molar-refractivity contribution in [1.82, 2.24) is 15.0 Å². The van der Waals surface area contributed by atoms with Crippen molar-refractivity contribution in [2.75, 3.05) is 11.9 Å². The molecule has 0 radical (unpaired) electrons. The molecule has 0 aliphatic heterocycles. The lowest BCUT2D eigenvalue weighted by atomic mass is 9.96. The van der Waals surface area contributed by atoms with Crippen LogP contribution in [0.3, 0.4) is 0 Å². The minimum absolute atomic E-state index is 0.264. The maximum absolute atomic E-state index is 10.8. The zero-order chi connectivity index (χ0) is 17.9. The number of nitrogens with zero attached hydrogens (tertiary/aromatic N) is 3. The molecule has 2 heterocycles. The van der Waals surface area contributed by atoms with Gasteiger partial charge in [0.2, 0.25) is 0 Å². The zero-order valence-corrected chi connectivity index (χ0v) is 14.8. The van der Waals surface area contributed by atoms with E-state index in [0.29, 0.717) is 22.2 Å². The molecule has 1 unspecified atom stereocenters. The Morgan fingerprint density at radius 2 is 1.96 bits per heavy atom. The molecule has 0 aliphatic rings. The fourth-order valence-electron chi connectivity index (χ4n) is 2.54. The van der Waals surface area contributed by atoms with Crippen molar-refractivity contribution in [2.24, 2.45) is 0 Å². The smallest absolute Gasteiger partial charge is 0.163 e. The van der Waals surface area contributed by atoms with Gasteiger partial charge in [0.1, 0.15) is 11.4 Å². The predicted molar refractivity (Wildman–Crippen MR) is 99.5 cm³/mol. The topological polar surface area (TPSA) is 70.9 Å². The molecule has 3 aromatic rings. The first-order chi connectivity index (χ1) is 12.0. The number of nitrogens with one attached hydrogen (secondary N) is 1. The molecule has 0 saturated heterocycles. The van der Waals surface area contributed by atoms with Crippen LogP contribution in [0.4, 0.5) is 5.82 Å². The molecule has 0 fully saturated rings. The Balaban J connectivity index is 1.82. The van der Waals surface area contributed by atoms with Crippen molar-refractivity contribution in [1.29, 1.82) is 0 Å². The number of pyridine rings is 1. The lowest BCUT2D eigenvalue weighted by molar-refractivity contribution is 0.0715. The van der Waals surface area contributed by atoms with Crippen LogP contribution >= 0.6 is 11.6 Å². The number of aryl methyl sites for hydroxylation is 1. The van der Waals surface area contributed by atoms with Crippen molar-refractivity contribution in [3.63, 3.8) is 0 Å². The van der Waals surface area contributed by atoms with Gasteiger partial charge >= 0.3 is 0 Å². The third-order valence-electron chi connectivity index (χ3n) is 3.84. The fraction of sp³-hybridized carbons (Fsp3) is 0.211.